The first kappa shape index (κ1) is 13.1. The minimum absolute atomic E-state index is 0.0510. The van der Waals surface area contributed by atoms with Crippen LogP contribution in [0.1, 0.15) is 34.6 Å². The van der Waals surface area contributed by atoms with Gasteiger partial charge in [0.15, 0.2) is 0 Å². The van der Waals surface area contributed by atoms with E-state index < -0.39 is 5.66 Å². The van der Waals surface area contributed by atoms with Crippen molar-refractivity contribution < 1.29 is 4.79 Å². The van der Waals surface area contributed by atoms with Gasteiger partial charge in [0.2, 0.25) is 5.91 Å². The molecular weight excluding hydrogens is 178 g/mol. The number of hydrogen-bond donors (Lipinski definition) is 0. The van der Waals surface area contributed by atoms with Crippen LogP contribution in [-0.4, -0.2) is 41.3 Å². The minimum Gasteiger partial charge on any atom is -0.286 e. The molecule has 0 aliphatic carbocycles. The SMILES string of the molecule is CC(=O)N(N=C(C)C)C(C)(C)N(C)C. The number of carbonyl (C=O) groups excluding carboxylic acids is 1. The first-order chi connectivity index (χ1) is 6.19. The average Bonchev–Trinajstić information content (AvgIpc) is 1.98. The molecule has 0 saturated heterocycles. The molecule has 0 aromatic heterocycles. The van der Waals surface area contributed by atoms with Crippen LogP contribution in [0, 0.1) is 0 Å². The molecule has 0 radical (unpaired) electrons. The van der Waals surface area contributed by atoms with Gasteiger partial charge in [0.25, 0.3) is 0 Å². The van der Waals surface area contributed by atoms with Gasteiger partial charge in [-0.3, -0.25) is 9.69 Å². The predicted molar refractivity (Wildman–Crippen MR) is 59.1 cm³/mol. The highest BCUT2D eigenvalue weighted by molar-refractivity contribution is 5.82. The molecule has 0 heterocycles. The van der Waals surface area contributed by atoms with Gasteiger partial charge in [-0.05, 0) is 41.8 Å². The first-order valence-electron chi connectivity index (χ1n) is 4.69. The van der Waals surface area contributed by atoms with Crippen LogP contribution in [0.3, 0.4) is 0 Å². The lowest BCUT2D eigenvalue weighted by molar-refractivity contribution is -0.140. The Bertz CT molecular complexity index is 240. The summed E-state index contributed by atoms with van der Waals surface area (Å²) in [4.78, 5) is 13.4. The molecule has 82 valence electrons. The Balaban J connectivity index is 5.02. The first-order valence-corrected chi connectivity index (χ1v) is 4.69. The summed E-state index contributed by atoms with van der Waals surface area (Å²) in [6, 6.07) is 0. The molecule has 0 aliphatic rings. The normalized spacial score (nSPS) is 11.4. The van der Waals surface area contributed by atoms with Gasteiger partial charge in [-0.25, -0.2) is 5.01 Å². The number of hydrazone groups is 1. The minimum atomic E-state index is -0.400. The van der Waals surface area contributed by atoms with Crippen molar-refractivity contribution in [3.8, 4) is 0 Å². The van der Waals surface area contributed by atoms with E-state index in [1.807, 2.05) is 46.7 Å². The molecule has 0 N–H and O–H groups in total. The third-order valence-electron chi connectivity index (χ3n) is 2.21. The van der Waals surface area contributed by atoms with Crippen molar-refractivity contribution >= 4 is 11.6 Å². The zero-order valence-corrected chi connectivity index (χ0v) is 10.2. The lowest BCUT2D eigenvalue weighted by Crippen LogP contribution is -2.53. The molecule has 0 fully saturated rings. The van der Waals surface area contributed by atoms with E-state index in [0.717, 1.165) is 5.71 Å². The van der Waals surface area contributed by atoms with Crippen LogP contribution in [-0.2, 0) is 4.79 Å². The number of carbonyl (C=O) groups is 1. The van der Waals surface area contributed by atoms with Gasteiger partial charge in [-0.15, -0.1) is 0 Å². The lowest BCUT2D eigenvalue weighted by Gasteiger charge is -2.39. The molecule has 0 atom stereocenters. The third-order valence-corrected chi connectivity index (χ3v) is 2.21. The van der Waals surface area contributed by atoms with Crippen molar-refractivity contribution in [2.45, 2.75) is 40.3 Å². The Hall–Kier alpha value is -0.900. The summed E-state index contributed by atoms with van der Waals surface area (Å²) in [5.74, 6) is -0.0510. The second-order valence-corrected chi connectivity index (χ2v) is 4.27. The molecule has 0 unspecified atom stereocenters. The fraction of sp³-hybridized carbons (Fsp3) is 0.800. The summed E-state index contributed by atoms with van der Waals surface area (Å²) >= 11 is 0. The van der Waals surface area contributed by atoms with Crippen LogP contribution in [0.5, 0.6) is 0 Å². The Labute approximate surface area is 86.6 Å². The molecule has 0 rings (SSSR count). The monoisotopic (exact) mass is 199 g/mol. The van der Waals surface area contributed by atoms with E-state index in [0.29, 0.717) is 0 Å². The van der Waals surface area contributed by atoms with Crippen molar-refractivity contribution in [1.82, 2.24) is 9.91 Å². The molecule has 4 heteroatoms. The van der Waals surface area contributed by atoms with E-state index in [9.17, 15) is 4.79 Å². The van der Waals surface area contributed by atoms with Gasteiger partial charge < -0.3 is 0 Å². The summed E-state index contributed by atoms with van der Waals surface area (Å²) in [5.41, 5.74) is 0.471. The molecule has 0 bridgehead atoms. The third kappa shape index (κ3) is 3.10. The van der Waals surface area contributed by atoms with E-state index in [4.69, 9.17) is 0 Å². The van der Waals surface area contributed by atoms with Crippen LogP contribution < -0.4 is 0 Å². The van der Waals surface area contributed by atoms with E-state index in [2.05, 4.69) is 5.10 Å². The van der Waals surface area contributed by atoms with Crippen LogP contribution in [0.4, 0.5) is 0 Å². The van der Waals surface area contributed by atoms with Gasteiger partial charge in [0.05, 0.1) is 0 Å². The Morgan fingerprint density at radius 1 is 1.14 bits per heavy atom. The molecule has 1 amide bonds. The van der Waals surface area contributed by atoms with Crippen molar-refractivity contribution in [1.29, 1.82) is 0 Å². The van der Waals surface area contributed by atoms with Crippen molar-refractivity contribution in [3.05, 3.63) is 0 Å². The van der Waals surface area contributed by atoms with Gasteiger partial charge in [0.1, 0.15) is 5.66 Å². The lowest BCUT2D eigenvalue weighted by atomic mass is 10.2. The van der Waals surface area contributed by atoms with Crippen LogP contribution >= 0.6 is 0 Å². The van der Waals surface area contributed by atoms with Crippen molar-refractivity contribution in [2.24, 2.45) is 5.10 Å². The molecule has 0 saturated carbocycles. The Kier molecular flexibility index (Phi) is 4.26. The molecule has 14 heavy (non-hydrogen) atoms. The largest absolute Gasteiger partial charge is 0.286 e. The van der Waals surface area contributed by atoms with Gasteiger partial charge in [0, 0.05) is 12.6 Å². The smallest absolute Gasteiger partial charge is 0.241 e. The molecule has 4 nitrogen and oxygen atoms in total. The summed E-state index contributed by atoms with van der Waals surface area (Å²) in [5, 5.41) is 5.73. The molecule has 0 spiro atoms. The second kappa shape index (κ2) is 4.55. The topological polar surface area (TPSA) is 35.9 Å². The number of nitrogens with zero attached hydrogens (tertiary/aromatic N) is 3. The van der Waals surface area contributed by atoms with Gasteiger partial charge in [-0.2, -0.15) is 5.10 Å². The van der Waals surface area contributed by atoms with Gasteiger partial charge >= 0.3 is 0 Å². The van der Waals surface area contributed by atoms with E-state index in [-0.39, 0.29) is 5.91 Å². The summed E-state index contributed by atoms with van der Waals surface area (Å²) in [7, 11) is 3.85. The summed E-state index contributed by atoms with van der Waals surface area (Å²) in [6.07, 6.45) is 0. The summed E-state index contributed by atoms with van der Waals surface area (Å²) in [6.45, 7) is 9.20. The van der Waals surface area contributed by atoms with Crippen molar-refractivity contribution in [3.63, 3.8) is 0 Å². The van der Waals surface area contributed by atoms with Crippen LogP contribution in [0.2, 0.25) is 0 Å². The zero-order valence-electron chi connectivity index (χ0n) is 10.2. The average molecular weight is 199 g/mol. The van der Waals surface area contributed by atoms with Crippen LogP contribution in [0.15, 0.2) is 5.10 Å². The highest BCUT2D eigenvalue weighted by Gasteiger charge is 2.31. The maximum absolute atomic E-state index is 11.4. The Morgan fingerprint density at radius 2 is 1.57 bits per heavy atom. The zero-order chi connectivity index (χ0) is 11.5. The highest BCUT2D eigenvalue weighted by atomic mass is 16.2. The number of hydrogen-bond acceptors (Lipinski definition) is 3. The maximum atomic E-state index is 11.4. The van der Waals surface area contributed by atoms with Crippen molar-refractivity contribution in [2.75, 3.05) is 14.1 Å². The van der Waals surface area contributed by atoms with Gasteiger partial charge in [-0.1, -0.05) is 0 Å². The van der Waals surface area contributed by atoms with Crippen LogP contribution in [0.25, 0.3) is 0 Å². The predicted octanol–water partition coefficient (Wildman–Crippen LogP) is 1.53. The van der Waals surface area contributed by atoms with E-state index in [1.165, 1.54) is 11.9 Å². The Morgan fingerprint density at radius 3 is 1.79 bits per heavy atom. The number of amides is 1. The quantitative estimate of drug-likeness (QED) is 0.392. The standard InChI is InChI=1S/C10H21N3O/c1-8(2)11-13(9(3)14)10(4,5)12(6)7/h1-7H3. The fourth-order valence-electron chi connectivity index (χ4n) is 0.968. The molecule has 0 aromatic carbocycles. The number of rotatable bonds is 3. The second-order valence-electron chi connectivity index (χ2n) is 4.27. The maximum Gasteiger partial charge on any atom is 0.241 e. The molecule has 0 aliphatic heterocycles. The van der Waals surface area contributed by atoms with E-state index in [1.54, 1.807) is 0 Å². The fourth-order valence-corrected chi connectivity index (χ4v) is 0.968. The molecule has 0 aromatic rings. The van der Waals surface area contributed by atoms with E-state index >= 15 is 0 Å². The molecular formula is C10H21N3O. The summed E-state index contributed by atoms with van der Waals surface area (Å²) < 4.78 is 0. The highest BCUT2D eigenvalue weighted by Crippen LogP contribution is 2.17.